The van der Waals surface area contributed by atoms with Gasteiger partial charge in [-0.2, -0.15) is 0 Å². The minimum absolute atomic E-state index is 1.07. The van der Waals surface area contributed by atoms with Gasteiger partial charge in [-0.1, -0.05) is 59.3 Å². The van der Waals surface area contributed by atoms with E-state index in [-0.39, 0.29) is 0 Å². The van der Waals surface area contributed by atoms with Crippen molar-refractivity contribution in [3.8, 4) is 0 Å². The van der Waals surface area contributed by atoms with Crippen molar-refractivity contribution < 1.29 is 0 Å². The van der Waals surface area contributed by atoms with Gasteiger partial charge in [0.25, 0.3) is 0 Å². The molecule has 0 rings (SSSR count). The topological polar surface area (TPSA) is 12.0 Å². The first-order chi connectivity index (χ1) is 5.83. The van der Waals surface area contributed by atoms with Gasteiger partial charge in [0.2, 0.25) is 0 Å². The Morgan fingerprint density at radius 2 is 1.08 bits per heavy atom. The molecule has 0 bridgehead atoms. The summed E-state index contributed by atoms with van der Waals surface area (Å²) < 4.78 is 0. The highest BCUT2D eigenvalue weighted by Gasteiger charge is 1.83. The zero-order valence-corrected chi connectivity index (χ0v) is 9.45. The van der Waals surface area contributed by atoms with E-state index >= 15 is 0 Å². The lowest BCUT2D eigenvalue weighted by molar-refractivity contribution is 0.624. The highest BCUT2D eigenvalue weighted by molar-refractivity contribution is 4.39. The first kappa shape index (κ1) is 14.5. The smallest absolute Gasteiger partial charge is 0.00804 e. The van der Waals surface area contributed by atoms with E-state index in [0.717, 1.165) is 6.54 Å². The average Bonchev–Trinajstić information content (AvgIpc) is 2.13. The Kier molecular flexibility index (Phi) is 20.7. The van der Waals surface area contributed by atoms with Gasteiger partial charge in [0.1, 0.15) is 0 Å². The van der Waals surface area contributed by atoms with Gasteiger partial charge < -0.3 is 5.32 Å². The van der Waals surface area contributed by atoms with Crippen molar-refractivity contribution in [3.05, 3.63) is 0 Å². The fourth-order valence-electron chi connectivity index (χ4n) is 0.854. The summed E-state index contributed by atoms with van der Waals surface area (Å²) in [6.07, 6.45) is 8.49. The molecule has 0 aromatic carbocycles. The molecule has 0 amide bonds. The quantitative estimate of drug-likeness (QED) is 0.605. The maximum absolute atomic E-state index is 2.93. The molecule has 1 heteroatoms. The summed E-state index contributed by atoms with van der Waals surface area (Å²) in [5.41, 5.74) is 0. The Hall–Kier alpha value is -0.0400. The normalized spacial score (nSPS) is 9.00. The zero-order valence-electron chi connectivity index (χ0n) is 9.45. The Morgan fingerprint density at radius 3 is 1.25 bits per heavy atom. The molecule has 0 aliphatic heterocycles. The number of hydrogen-bond donors (Lipinski definition) is 1. The second-order valence-corrected chi connectivity index (χ2v) is 3.12. The molecule has 12 heavy (non-hydrogen) atoms. The Labute approximate surface area is 78.9 Å². The second-order valence-electron chi connectivity index (χ2n) is 3.12. The molecule has 0 aliphatic carbocycles. The van der Waals surface area contributed by atoms with E-state index in [2.05, 4.69) is 26.1 Å². The molecular weight excluding hydrogens is 146 g/mol. The van der Waals surface area contributed by atoms with Crippen LogP contribution in [-0.4, -0.2) is 13.6 Å². The van der Waals surface area contributed by atoms with Crippen LogP contribution in [0.25, 0.3) is 0 Å². The van der Waals surface area contributed by atoms with E-state index in [4.69, 9.17) is 0 Å². The molecule has 76 valence electrons. The molecule has 0 atom stereocenters. The predicted octanol–water partition coefficient (Wildman–Crippen LogP) is 3.59. The van der Waals surface area contributed by atoms with Crippen LogP contribution in [0.2, 0.25) is 0 Å². The Morgan fingerprint density at radius 1 is 0.750 bits per heavy atom. The largest absolute Gasteiger partial charge is 0.320 e. The molecule has 0 radical (unpaired) electrons. The number of unbranched alkanes of at least 4 members (excludes halogenated alkanes) is 5. The van der Waals surface area contributed by atoms with Gasteiger partial charge in [-0.25, -0.2) is 0 Å². The third kappa shape index (κ3) is 22.5. The zero-order chi connectivity index (χ0) is 9.66. The molecule has 0 aliphatic rings. The van der Waals surface area contributed by atoms with E-state index in [1.807, 2.05) is 7.05 Å². The van der Waals surface area contributed by atoms with Crippen molar-refractivity contribution in [2.75, 3.05) is 13.6 Å². The van der Waals surface area contributed by atoms with E-state index in [9.17, 15) is 0 Å². The van der Waals surface area contributed by atoms with Crippen LogP contribution in [0.4, 0.5) is 0 Å². The molecule has 0 unspecified atom stereocenters. The SMILES string of the molecule is CCCCCCCC.CCNC. The molecule has 0 heterocycles. The molecule has 0 aromatic rings. The minimum Gasteiger partial charge on any atom is -0.320 e. The lowest BCUT2D eigenvalue weighted by Crippen LogP contribution is -2.01. The number of hydrogen-bond acceptors (Lipinski definition) is 1. The van der Waals surface area contributed by atoms with E-state index in [0.29, 0.717) is 0 Å². The fraction of sp³-hybridized carbons (Fsp3) is 1.00. The minimum atomic E-state index is 1.07. The van der Waals surface area contributed by atoms with Crippen LogP contribution in [0, 0.1) is 0 Å². The van der Waals surface area contributed by atoms with Crippen LogP contribution in [-0.2, 0) is 0 Å². The van der Waals surface area contributed by atoms with E-state index in [1.54, 1.807) is 0 Å². The lowest BCUT2D eigenvalue weighted by Gasteiger charge is -1.93. The first-order valence-corrected chi connectivity index (χ1v) is 5.47. The van der Waals surface area contributed by atoms with Gasteiger partial charge in [0.05, 0.1) is 0 Å². The Bertz CT molecular complexity index is 45.0. The molecule has 1 N–H and O–H groups in total. The summed E-state index contributed by atoms with van der Waals surface area (Å²) in [6, 6.07) is 0. The summed E-state index contributed by atoms with van der Waals surface area (Å²) >= 11 is 0. The molecule has 0 saturated carbocycles. The van der Waals surface area contributed by atoms with Crippen molar-refractivity contribution in [2.45, 2.75) is 59.3 Å². The van der Waals surface area contributed by atoms with Crippen molar-refractivity contribution in [1.29, 1.82) is 0 Å². The standard InChI is InChI=1S/C8H18.C3H9N/c1-3-5-7-8-6-4-2;1-3-4-2/h3-8H2,1-2H3;4H,3H2,1-2H3. The highest BCUT2D eigenvalue weighted by Crippen LogP contribution is 2.03. The van der Waals surface area contributed by atoms with Crippen LogP contribution in [0.1, 0.15) is 59.3 Å². The van der Waals surface area contributed by atoms with Gasteiger partial charge in [-0.15, -0.1) is 0 Å². The second kappa shape index (κ2) is 17.2. The Balaban J connectivity index is 0. The summed E-state index contributed by atoms with van der Waals surface area (Å²) in [5.74, 6) is 0. The summed E-state index contributed by atoms with van der Waals surface area (Å²) in [7, 11) is 1.93. The number of nitrogens with one attached hydrogen (secondary N) is 1. The monoisotopic (exact) mass is 173 g/mol. The van der Waals surface area contributed by atoms with Crippen molar-refractivity contribution in [1.82, 2.24) is 5.32 Å². The van der Waals surface area contributed by atoms with Gasteiger partial charge in [0.15, 0.2) is 0 Å². The summed E-state index contributed by atoms with van der Waals surface area (Å²) in [5, 5.41) is 2.93. The van der Waals surface area contributed by atoms with Gasteiger partial charge in [0, 0.05) is 0 Å². The van der Waals surface area contributed by atoms with Crippen molar-refractivity contribution >= 4 is 0 Å². The average molecular weight is 173 g/mol. The highest BCUT2D eigenvalue weighted by atomic mass is 14.8. The van der Waals surface area contributed by atoms with Crippen molar-refractivity contribution in [2.24, 2.45) is 0 Å². The van der Waals surface area contributed by atoms with Gasteiger partial charge >= 0.3 is 0 Å². The van der Waals surface area contributed by atoms with Crippen molar-refractivity contribution in [3.63, 3.8) is 0 Å². The van der Waals surface area contributed by atoms with Gasteiger partial charge in [-0.05, 0) is 13.6 Å². The third-order valence-electron chi connectivity index (χ3n) is 1.81. The lowest BCUT2D eigenvalue weighted by atomic mass is 10.1. The summed E-state index contributed by atoms with van der Waals surface area (Å²) in [4.78, 5) is 0. The molecule has 0 saturated heterocycles. The molecular formula is C11H27N. The summed E-state index contributed by atoms with van der Waals surface area (Å²) in [6.45, 7) is 7.65. The van der Waals surface area contributed by atoms with E-state index < -0.39 is 0 Å². The predicted molar refractivity (Wildman–Crippen MR) is 58.7 cm³/mol. The third-order valence-corrected chi connectivity index (χ3v) is 1.81. The van der Waals surface area contributed by atoms with E-state index in [1.165, 1.54) is 38.5 Å². The maximum Gasteiger partial charge on any atom is -0.00804 e. The molecule has 0 spiro atoms. The molecule has 0 fully saturated rings. The first-order valence-electron chi connectivity index (χ1n) is 5.47. The molecule has 0 aromatic heterocycles. The fourth-order valence-corrected chi connectivity index (χ4v) is 0.854. The van der Waals surface area contributed by atoms with Crippen LogP contribution in [0.5, 0.6) is 0 Å². The number of rotatable bonds is 6. The van der Waals surface area contributed by atoms with Crippen LogP contribution >= 0.6 is 0 Å². The van der Waals surface area contributed by atoms with Crippen LogP contribution in [0.15, 0.2) is 0 Å². The van der Waals surface area contributed by atoms with Crippen LogP contribution < -0.4 is 5.32 Å². The van der Waals surface area contributed by atoms with Crippen LogP contribution in [0.3, 0.4) is 0 Å². The molecule has 1 nitrogen and oxygen atoms in total. The maximum atomic E-state index is 2.93. The van der Waals surface area contributed by atoms with Gasteiger partial charge in [-0.3, -0.25) is 0 Å².